The third kappa shape index (κ3) is 4.03. The molecule has 3 nitrogen and oxygen atoms in total. The summed E-state index contributed by atoms with van der Waals surface area (Å²) < 4.78 is 26.2. The molecule has 0 radical (unpaired) electrons. The van der Waals surface area contributed by atoms with Crippen LogP contribution in [0.5, 0.6) is 0 Å². The highest BCUT2D eigenvalue weighted by Gasteiger charge is 2.19. The third-order valence-electron chi connectivity index (χ3n) is 2.49. The predicted octanol–water partition coefficient (Wildman–Crippen LogP) is 1.36. The van der Waals surface area contributed by atoms with Gasteiger partial charge in [0.05, 0.1) is 12.7 Å². The van der Waals surface area contributed by atoms with E-state index in [1.165, 1.54) is 0 Å². The highest BCUT2D eigenvalue weighted by atomic mass is 19.1. The number of aliphatic hydroxyl groups excluding tert-OH is 2. The van der Waals surface area contributed by atoms with Crippen molar-refractivity contribution in [2.24, 2.45) is 0 Å². The number of β-amino-alcohol motifs (C(OH)–C–C–N with tert-alkyl or cyclic N) is 1. The lowest BCUT2D eigenvalue weighted by atomic mass is 10.0. The molecule has 1 unspecified atom stereocenters. The summed E-state index contributed by atoms with van der Waals surface area (Å²) in [7, 11) is 0. The molecular weight excluding hydrogens is 228 g/mol. The molecule has 0 amide bonds. The number of hydrogen-bond donors (Lipinski definition) is 3. The van der Waals surface area contributed by atoms with Crippen LogP contribution in [0.3, 0.4) is 0 Å². The van der Waals surface area contributed by atoms with Gasteiger partial charge in [-0.15, -0.1) is 0 Å². The van der Waals surface area contributed by atoms with Gasteiger partial charge in [-0.1, -0.05) is 0 Å². The molecule has 0 bridgehead atoms. The van der Waals surface area contributed by atoms with Crippen LogP contribution >= 0.6 is 0 Å². The molecule has 17 heavy (non-hydrogen) atoms. The quantitative estimate of drug-likeness (QED) is 0.734. The molecule has 0 saturated carbocycles. The zero-order valence-corrected chi connectivity index (χ0v) is 9.87. The lowest BCUT2D eigenvalue weighted by molar-refractivity contribution is 0.133. The number of benzene rings is 1. The van der Waals surface area contributed by atoms with Crippen LogP contribution in [-0.2, 0) is 0 Å². The van der Waals surface area contributed by atoms with Crippen LogP contribution in [0.15, 0.2) is 18.2 Å². The zero-order valence-electron chi connectivity index (χ0n) is 9.87. The minimum absolute atomic E-state index is 0.0356. The first-order valence-corrected chi connectivity index (χ1v) is 5.34. The maximum absolute atomic E-state index is 13.3. The van der Waals surface area contributed by atoms with E-state index in [0.717, 1.165) is 18.2 Å². The maximum Gasteiger partial charge on any atom is 0.129 e. The third-order valence-corrected chi connectivity index (χ3v) is 2.49. The largest absolute Gasteiger partial charge is 0.394 e. The smallest absolute Gasteiger partial charge is 0.129 e. The molecule has 1 aromatic carbocycles. The van der Waals surface area contributed by atoms with E-state index >= 15 is 0 Å². The summed E-state index contributed by atoms with van der Waals surface area (Å²) in [4.78, 5) is 0. The highest BCUT2D eigenvalue weighted by molar-refractivity contribution is 5.21. The molecule has 5 heteroatoms. The van der Waals surface area contributed by atoms with Crippen molar-refractivity contribution in [3.63, 3.8) is 0 Å². The van der Waals surface area contributed by atoms with Crippen LogP contribution in [0.2, 0.25) is 0 Å². The molecule has 3 N–H and O–H groups in total. The van der Waals surface area contributed by atoms with Crippen LogP contribution < -0.4 is 5.32 Å². The number of rotatable bonds is 5. The van der Waals surface area contributed by atoms with Gasteiger partial charge >= 0.3 is 0 Å². The number of nitrogens with one attached hydrogen (secondary N) is 1. The summed E-state index contributed by atoms with van der Waals surface area (Å²) in [5, 5.41) is 21.6. The molecule has 0 heterocycles. The molecule has 0 aliphatic heterocycles. The van der Waals surface area contributed by atoms with Crippen LogP contribution in [0.1, 0.15) is 25.5 Å². The minimum Gasteiger partial charge on any atom is -0.394 e. The molecule has 1 rings (SSSR count). The van der Waals surface area contributed by atoms with Gasteiger partial charge in [-0.3, -0.25) is 0 Å². The van der Waals surface area contributed by atoms with Crippen LogP contribution in [0, 0.1) is 11.6 Å². The monoisotopic (exact) mass is 245 g/mol. The molecule has 0 spiro atoms. The number of aliphatic hydroxyl groups is 2. The summed E-state index contributed by atoms with van der Waals surface area (Å²) in [6.07, 6.45) is -1.16. The Kier molecular flexibility index (Phi) is 4.56. The normalized spacial score (nSPS) is 13.8. The maximum atomic E-state index is 13.3. The van der Waals surface area contributed by atoms with E-state index in [0.29, 0.717) is 0 Å². The van der Waals surface area contributed by atoms with Gasteiger partial charge in [-0.2, -0.15) is 0 Å². The molecule has 0 aliphatic rings. The van der Waals surface area contributed by atoms with Gasteiger partial charge in [-0.25, -0.2) is 8.78 Å². The molecule has 0 fully saturated rings. The summed E-state index contributed by atoms with van der Waals surface area (Å²) in [6, 6.07) is 2.94. The van der Waals surface area contributed by atoms with Crippen molar-refractivity contribution in [2.45, 2.75) is 25.5 Å². The van der Waals surface area contributed by atoms with Gasteiger partial charge < -0.3 is 15.5 Å². The van der Waals surface area contributed by atoms with E-state index in [4.69, 9.17) is 5.11 Å². The van der Waals surface area contributed by atoms with E-state index in [1.807, 2.05) is 0 Å². The van der Waals surface area contributed by atoms with Gasteiger partial charge in [-0.05, 0) is 32.0 Å². The second-order valence-electron chi connectivity index (χ2n) is 4.60. The second-order valence-corrected chi connectivity index (χ2v) is 4.60. The highest BCUT2D eigenvalue weighted by Crippen LogP contribution is 2.18. The van der Waals surface area contributed by atoms with Crippen LogP contribution in [0.4, 0.5) is 8.78 Å². The summed E-state index contributed by atoms with van der Waals surface area (Å²) in [5.41, 5.74) is -0.670. The second kappa shape index (κ2) is 5.53. The van der Waals surface area contributed by atoms with Gasteiger partial charge in [0, 0.05) is 17.6 Å². The lowest BCUT2D eigenvalue weighted by Gasteiger charge is -2.25. The first-order chi connectivity index (χ1) is 7.85. The first-order valence-electron chi connectivity index (χ1n) is 5.34. The van der Waals surface area contributed by atoms with Crippen molar-refractivity contribution in [3.05, 3.63) is 35.4 Å². The number of halogens is 2. The van der Waals surface area contributed by atoms with Gasteiger partial charge in [0.25, 0.3) is 0 Å². The van der Waals surface area contributed by atoms with E-state index in [-0.39, 0.29) is 18.7 Å². The number of hydrogen-bond acceptors (Lipinski definition) is 3. The Balaban J connectivity index is 2.70. The lowest BCUT2D eigenvalue weighted by Crippen LogP contribution is -2.44. The Morgan fingerprint density at radius 2 is 2.00 bits per heavy atom. The molecule has 0 saturated heterocycles. The van der Waals surface area contributed by atoms with E-state index < -0.39 is 23.3 Å². The predicted molar refractivity (Wildman–Crippen MR) is 60.5 cm³/mol. The van der Waals surface area contributed by atoms with E-state index in [1.54, 1.807) is 13.8 Å². The van der Waals surface area contributed by atoms with Crippen molar-refractivity contribution >= 4 is 0 Å². The SMILES string of the molecule is CC(C)(CO)NCC(O)c1cc(F)ccc1F. The van der Waals surface area contributed by atoms with E-state index in [2.05, 4.69) is 5.32 Å². The van der Waals surface area contributed by atoms with Crippen LogP contribution in [-0.4, -0.2) is 28.9 Å². The molecule has 96 valence electrons. The zero-order chi connectivity index (χ0) is 13.1. The molecule has 0 aromatic heterocycles. The van der Waals surface area contributed by atoms with Crippen molar-refractivity contribution < 1.29 is 19.0 Å². The van der Waals surface area contributed by atoms with Gasteiger partial charge in [0.15, 0.2) is 0 Å². The Morgan fingerprint density at radius 1 is 1.35 bits per heavy atom. The van der Waals surface area contributed by atoms with Gasteiger partial charge in [0.1, 0.15) is 11.6 Å². The Labute approximate surface area is 99.1 Å². The fraction of sp³-hybridized carbons (Fsp3) is 0.500. The molecular formula is C12H17F2NO2. The molecule has 1 aromatic rings. The fourth-order valence-corrected chi connectivity index (χ4v) is 1.31. The molecule has 1 atom stereocenters. The van der Waals surface area contributed by atoms with Crippen molar-refractivity contribution in [3.8, 4) is 0 Å². The average molecular weight is 245 g/mol. The first kappa shape index (κ1) is 14.0. The standard InChI is InChI=1S/C12H17F2NO2/c1-12(2,7-16)15-6-11(17)9-5-8(13)3-4-10(9)14/h3-5,11,15-17H,6-7H2,1-2H3. The fourth-order valence-electron chi connectivity index (χ4n) is 1.31. The van der Waals surface area contributed by atoms with Gasteiger partial charge in [0.2, 0.25) is 0 Å². The average Bonchev–Trinajstić information content (AvgIpc) is 2.29. The Hall–Kier alpha value is -1.04. The van der Waals surface area contributed by atoms with Crippen molar-refractivity contribution in [1.29, 1.82) is 0 Å². The summed E-state index contributed by atoms with van der Waals surface area (Å²) in [6.45, 7) is 3.39. The van der Waals surface area contributed by atoms with Crippen LogP contribution in [0.25, 0.3) is 0 Å². The minimum atomic E-state index is -1.16. The summed E-state index contributed by atoms with van der Waals surface area (Å²) in [5.74, 6) is -1.25. The topological polar surface area (TPSA) is 52.5 Å². The van der Waals surface area contributed by atoms with E-state index in [9.17, 15) is 13.9 Å². The van der Waals surface area contributed by atoms with Crippen molar-refractivity contribution in [1.82, 2.24) is 5.32 Å². The molecule has 0 aliphatic carbocycles. The Morgan fingerprint density at radius 3 is 2.59 bits per heavy atom. The van der Waals surface area contributed by atoms with Crippen molar-refractivity contribution in [2.75, 3.05) is 13.2 Å². The Bertz CT molecular complexity index is 383. The summed E-state index contributed by atoms with van der Waals surface area (Å²) >= 11 is 0.